The highest BCUT2D eigenvalue weighted by Crippen LogP contribution is 2.17. The van der Waals surface area contributed by atoms with Gasteiger partial charge < -0.3 is 0 Å². The van der Waals surface area contributed by atoms with Gasteiger partial charge in [0.15, 0.2) is 0 Å². The van der Waals surface area contributed by atoms with Crippen LogP contribution in [0.2, 0.25) is 0 Å². The molecule has 0 bridgehead atoms. The molecule has 0 N–H and O–H groups in total. The summed E-state index contributed by atoms with van der Waals surface area (Å²) in [6.45, 7) is 0. The molecule has 1 aromatic rings. The number of benzene rings is 1. The first-order chi connectivity index (χ1) is 5.56. The van der Waals surface area contributed by atoms with Gasteiger partial charge in [-0.25, -0.2) is 0 Å². The Labute approximate surface area is 83.7 Å². The van der Waals surface area contributed by atoms with Crippen molar-refractivity contribution in [2.75, 3.05) is 0 Å². The molecule has 12 heavy (non-hydrogen) atoms. The van der Waals surface area contributed by atoms with Crippen LogP contribution in [-0.2, 0) is 13.9 Å². The van der Waals surface area contributed by atoms with Crippen LogP contribution in [0.4, 0.5) is 0 Å². The van der Waals surface area contributed by atoms with Gasteiger partial charge in [-0.05, 0) is 24.3 Å². The van der Waals surface area contributed by atoms with Crippen LogP contribution in [0.5, 0.6) is 0 Å². The lowest BCUT2D eigenvalue weighted by Crippen LogP contribution is -1.98. The standard InChI is InChI=1S/C6H4BrClO3S/c7-5-1-3-6(4-2-5)12(9,10)11-8/h1-4H. The van der Waals surface area contributed by atoms with E-state index in [0.717, 1.165) is 4.47 Å². The largest absolute Gasteiger partial charge is 0.312 e. The third-order valence-corrected chi connectivity index (χ3v) is 3.23. The van der Waals surface area contributed by atoms with Gasteiger partial charge in [-0.1, -0.05) is 15.9 Å². The van der Waals surface area contributed by atoms with Crippen molar-refractivity contribution in [2.24, 2.45) is 0 Å². The summed E-state index contributed by atoms with van der Waals surface area (Å²) in [6, 6.07) is 5.95. The summed E-state index contributed by atoms with van der Waals surface area (Å²) in [4.78, 5) is 0.0284. The second-order valence-electron chi connectivity index (χ2n) is 1.97. The molecule has 0 aliphatic carbocycles. The summed E-state index contributed by atoms with van der Waals surface area (Å²) < 4.78 is 26.5. The molecule has 0 amide bonds. The first-order valence-electron chi connectivity index (χ1n) is 2.87. The topological polar surface area (TPSA) is 43.4 Å². The van der Waals surface area contributed by atoms with Crippen LogP contribution in [0.15, 0.2) is 33.6 Å². The van der Waals surface area contributed by atoms with Gasteiger partial charge >= 0.3 is 10.1 Å². The number of halogens is 2. The smallest absolute Gasteiger partial charge is 0.193 e. The minimum atomic E-state index is -3.77. The van der Waals surface area contributed by atoms with Gasteiger partial charge in [0.2, 0.25) is 0 Å². The molecule has 66 valence electrons. The molecule has 1 aromatic carbocycles. The van der Waals surface area contributed by atoms with Crippen molar-refractivity contribution in [1.82, 2.24) is 0 Å². The van der Waals surface area contributed by atoms with Crippen molar-refractivity contribution in [2.45, 2.75) is 4.90 Å². The molecule has 0 heterocycles. The lowest BCUT2D eigenvalue weighted by atomic mass is 10.4. The maximum Gasteiger partial charge on any atom is 0.312 e. The fraction of sp³-hybridized carbons (Fsp3) is 0. The molecule has 0 aliphatic heterocycles. The van der Waals surface area contributed by atoms with Crippen molar-refractivity contribution < 1.29 is 12.2 Å². The molecule has 1 rings (SSSR count). The van der Waals surface area contributed by atoms with E-state index in [9.17, 15) is 8.42 Å². The van der Waals surface area contributed by atoms with Crippen molar-refractivity contribution in [3.8, 4) is 0 Å². The zero-order valence-electron chi connectivity index (χ0n) is 5.70. The normalized spacial score (nSPS) is 11.5. The van der Waals surface area contributed by atoms with Gasteiger partial charge in [0.05, 0.1) is 16.8 Å². The second kappa shape index (κ2) is 3.74. The highest BCUT2D eigenvalue weighted by molar-refractivity contribution is 9.10. The Balaban J connectivity index is 3.14. The second-order valence-corrected chi connectivity index (χ2v) is 4.77. The molecular weight excluding hydrogens is 267 g/mol. The Hall–Kier alpha value is -0.100. The zero-order chi connectivity index (χ0) is 9.19. The van der Waals surface area contributed by atoms with Crippen molar-refractivity contribution in [3.05, 3.63) is 28.7 Å². The highest BCUT2D eigenvalue weighted by atomic mass is 79.9. The fourth-order valence-electron chi connectivity index (χ4n) is 0.638. The van der Waals surface area contributed by atoms with Gasteiger partial charge in [0.1, 0.15) is 0 Å². The third kappa shape index (κ3) is 2.20. The molecule has 0 atom stereocenters. The molecular formula is C6H4BrClO3S. The summed E-state index contributed by atoms with van der Waals surface area (Å²) in [5.74, 6) is 0. The van der Waals surface area contributed by atoms with E-state index < -0.39 is 10.1 Å². The van der Waals surface area contributed by atoms with E-state index in [-0.39, 0.29) is 4.90 Å². The summed E-state index contributed by atoms with van der Waals surface area (Å²) in [6.07, 6.45) is 0. The molecule has 0 fully saturated rings. The Morgan fingerprint density at radius 1 is 1.25 bits per heavy atom. The quantitative estimate of drug-likeness (QED) is 0.829. The summed E-state index contributed by atoms with van der Waals surface area (Å²) in [5.41, 5.74) is 0. The first kappa shape index (κ1) is 9.98. The maximum absolute atomic E-state index is 10.9. The van der Waals surface area contributed by atoms with Crippen molar-refractivity contribution >= 4 is 37.9 Å². The van der Waals surface area contributed by atoms with E-state index in [1.54, 1.807) is 12.1 Å². The molecule has 0 spiro atoms. The molecule has 0 aromatic heterocycles. The fourth-order valence-corrected chi connectivity index (χ4v) is 1.66. The van der Waals surface area contributed by atoms with E-state index in [0.29, 0.717) is 0 Å². The van der Waals surface area contributed by atoms with Crippen LogP contribution in [0, 0.1) is 0 Å². The summed E-state index contributed by atoms with van der Waals surface area (Å²) in [7, 11) is -3.77. The van der Waals surface area contributed by atoms with Crippen LogP contribution >= 0.6 is 27.8 Å². The summed E-state index contributed by atoms with van der Waals surface area (Å²) >= 11 is 7.93. The summed E-state index contributed by atoms with van der Waals surface area (Å²) in [5, 5.41) is 0. The predicted octanol–water partition coefficient (Wildman–Crippen LogP) is 2.31. The Morgan fingerprint density at radius 3 is 2.17 bits per heavy atom. The Bertz CT molecular complexity index is 359. The molecule has 0 radical (unpaired) electrons. The van der Waals surface area contributed by atoms with Crippen molar-refractivity contribution in [1.29, 1.82) is 0 Å². The predicted molar refractivity (Wildman–Crippen MR) is 48.3 cm³/mol. The molecule has 0 saturated carbocycles. The van der Waals surface area contributed by atoms with E-state index >= 15 is 0 Å². The molecule has 0 unspecified atom stereocenters. The van der Waals surface area contributed by atoms with E-state index in [4.69, 9.17) is 11.9 Å². The molecule has 3 nitrogen and oxygen atoms in total. The third-order valence-electron chi connectivity index (χ3n) is 1.19. The molecule has 0 saturated heterocycles. The van der Waals surface area contributed by atoms with E-state index in [1.165, 1.54) is 12.1 Å². The van der Waals surface area contributed by atoms with Crippen LogP contribution in [0.3, 0.4) is 0 Å². The van der Waals surface area contributed by atoms with Crippen LogP contribution in [0.25, 0.3) is 0 Å². The minimum absolute atomic E-state index is 0.0284. The average Bonchev–Trinajstić information content (AvgIpc) is 2.05. The number of rotatable bonds is 2. The maximum atomic E-state index is 10.9. The lowest BCUT2D eigenvalue weighted by molar-refractivity contribution is 0.509. The SMILES string of the molecule is O=S(=O)(OCl)c1ccc(Br)cc1. The minimum Gasteiger partial charge on any atom is -0.193 e. The monoisotopic (exact) mass is 270 g/mol. The first-order valence-corrected chi connectivity index (χ1v) is 5.38. The number of hydrogen-bond acceptors (Lipinski definition) is 3. The lowest BCUT2D eigenvalue weighted by Gasteiger charge is -1.97. The van der Waals surface area contributed by atoms with Crippen molar-refractivity contribution in [3.63, 3.8) is 0 Å². The van der Waals surface area contributed by atoms with Crippen LogP contribution < -0.4 is 0 Å². The Morgan fingerprint density at radius 2 is 1.75 bits per heavy atom. The van der Waals surface area contributed by atoms with E-state index in [2.05, 4.69) is 19.7 Å². The van der Waals surface area contributed by atoms with Crippen LogP contribution in [-0.4, -0.2) is 8.42 Å². The zero-order valence-corrected chi connectivity index (χ0v) is 8.86. The van der Waals surface area contributed by atoms with Gasteiger partial charge in [-0.2, -0.15) is 12.2 Å². The average molecular weight is 272 g/mol. The molecule has 6 heteroatoms. The van der Waals surface area contributed by atoms with Gasteiger partial charge in [0.25, 0.3) is 0 Å². The van der Waals surface area contributed by atoms with E-state index in [1.807, 2.05) is 0 Å². The Kier molecular flexibility index (Phi) is 3.11. The van der Waals surface area contributed by atoms with Crippen LogP contribution in [0.1, 0.15) is 0 Å². The molecule has 0 aliphatic rings. The van der Waals surface area contributed by atoms with Gasteiger partial charge in [-0.15, -0.1) is 0 Å². The highest BCUT2D eigenvalue weighted by Gasteiger charge is 2.13. The van der Waals surface area contributed by atoms with Gasteiger partial charge in [-0.3, -0.25) is 0 Å². The van der Waals surface area contributed by atoms with Gasteiger partial charge in [0, 0.05) is 4.47 Å². The number of hydrogen-bond donors (Lipinski definition) is 0.